The molecule has 3 nitrogen and oxygen atoms in total. The molecule has 3 N–H and O–H groups in total. The van der Waals surface area contributed by atoms with Crippen molar-refractivity contribution in [2.45, 2.75) is 78.3 Å². The van der Waals surface area contributed by atoms with Crippen molar-refractivity contribution in [3.05, 3.63) is 0 Å². The fourth-order valence-corrected chi connectivity index (χ4v) is 2.62. The molecule has 0 aromatic carbocycles. The highest BCUT2D eigenvalue weighted by Gasteiger charge is 2.18. The van der Waals surface area contributed by atoms with Gasteiger partial charge in [0.15, 0.2) is 0 Å². The van der Waals surface area contributed by atoms with Crippen LogP contribution in [0.5, 0.6) is 0 Å². The van der Waals surface area contributed by atoms with Gasteiger partial charge in [0.1, 0.15) is 0 Å². The Hall–Kier alpha value is -0.120. The number of nitrogens with zero attached hydrogens (tertiary/aromatic N) is 1. The number of aliphatic hydroxyl groups excluding tert-OH is 1. The van der Waals surface area contributed by atoms with E-state index in [1.54, 1.807) is 0 Å². The molecule has 0 bridgehead atoms. The van der Waals surface area contributed by atoms with Crippen molar-refractivity contribution in [3.8, 4) is 0 Å². The van der Waals surface area contributed by atoms with Crippen LogP contribution in [0.1, 0.15) is 66.7 Å². The topological polar surface area (TPSA) is 49.5 Å². The van der Waals surface area contributed by atoms with E-state index < -0.39 is 5.54 Å². The van der Waals surface area contributed by atoms with Gasteiger partial charge in [-0.2, -0.15) is 0 Å². The average molecular weight is 272 g/mol. The summed E-state index contributed by atoms with van der Waals surface area (Å²) in [6.45, 7) is 13.5. The number of rotatable bonds is 11. The lowest BCUT2D eigenvalue weighted by atomic mass is 9.97. The van der Waals surface area contributed by atoms with E-state index in [1.165, 1.54) is 25.8 Å². The molecule has 0 rings (SSSR count). The number of aliphatic hydroxyl groups is 1. The molecule has 0 saturated heterocycles. The molecule has 1 atom stereocenters. The number of nitrogens with two attached hydrogens (primary N) is 1. The largest absolute Gasteiger partial charge is 0.394 e. The SMILES string of the molecule is CCC(CC)N(CCCCC(C)(N)CO)CC(C)C. The predicted molar refractivity (Wildman–Crippen MR) is 84.3 cm³/mol. The first-order valence-electron chi connectivity index (χ1n) is 8.00. The van der Waals surface area contributed by atoms with E-state index >= 15 is 0 Å². The molecule has 1 unspecified atom stereocenters. The highest BCUT2D eigenvalue weighted by molar-refractivity contribution is 4.77. The Morgan fingerprint density at radius 3 is 2.16 bits per heavy atom. The lowest BCUT2D eigenvalue weighted by Crippen LogP contribution is -2.41. The maximum atomic E-state index is 9.15. The van der Waals surface area contributed by atoms with Crippen molar-refractivity contribution < 1.29 is 5.11 Å². The summed E-state index contributed by atoms with van der Waals surface area (Å²) in [5.41, 5.74) is 5.56. The molecule has 0 aromatic heterocycles. The van der Waals surface area contributed by atoms with Crippen LogP contribution in [0.2, 0.25) is 0 Å². The van der Waals surface area contributed by atoms with E-state index in [0.717, 1.165) is 25.3 Å². The zero-order valence-electron chi connectivity index (χ0n) is 13.8. The zero-order valence-corrected chi connectivity index (χ0v) is 13.8. The van der Waals surface area contributed by atoms with Gasteiger partial charge in [-0.3, -0.25) is 0 Å². The summed E-state index contributed by atoms with van der Waals surface area (Å²) < 4.78 is 0. The molecule has 3 heteroatoms. The molecule has 116 valence electrons. The second kappa shape index (κ2) is 9.73. The Labute approximate surface area is 120 Å². The third kappa shape index (κ3) is 8.61. The minimum atomic E-state index is -0.405. The summed E-state index contributed by atoms with van der Waals surface area (Å²) in [4.78, 5) is 2.64. The molecule has 0 radical (unpaired) electrons. The van der Waals surface area contributed by atoms with Crippen LogP contribution >= 0.6 is 0 Å². The summed E-state index contributed by atoms with van der Waals surface area (Å²) in [5.74, 6) is 0.720. The Kier molecular flexibility index (Phi) is 9.67. The summed E-state index contributed by atoms with van der Waals surface area (Å²) in [6, 6.07) is 0.713. The van der Waals surface area contributed by atoms with Gasteiger partial charge in [-0.25, -0.2) is 0 Å². The number of hydrogen-bond donors (Lipinski definition) is 2. The second-order valence-electron chi connectivity index (χ2n) is 6.63. The molecule has 0 spiro atoms. The Bertz CT molecular complexity index is 213. The Morgan fingerprint density at radius 2 is 1.74 bits per heavy atom. The van der Waals surface area contributed by atoms with Crippen LogP contribution in [0, 0.1) is 5.92 Å². The Balaban J connectivity index is 4.12. The Morgan fingerprint density at radius 1 is 1.16 bits per heavy atom. The summed E-state index contributed by atoms with van der Waals surface area (Å²) >= 11 is 0. The van der Waals surface area contributed by atoms with Crippen LogP contribution in [0.15, 0.2) is 0 Å². The van der Waals surface area contributed by atoms with Gasteiger partial charge in [-0.15, -0.1) is 0 Å². The van der Waals surface area contributed by atoms with Gasteiger partial charge in [0, 0.05) is 18.1 Å². The third-order valence-corrected chi connectivity index (χ3v) is 3.86. The van der Waals surface area contributed by atoms with E-state index in [0.29, 0.717) is 6.04 Å². The third-order valence-electron chi connectivity index (χ3n) is 3.86. The fourth-order valence-electron chi connectivity index (χ4n) is 2.62. The molecule has 0 aromatic rings. The first kappa shape index (κ1) is 18.9. The van der Waals surface area contributed by atoms with E-state index in [4.69, 9.17) is 10.8 Å². The average Bonchev–Trinajstić information content (AvgIpc) is 2.35. The summed E-state index contributed by atoms with van der Waals surface area (Å²) in [7, 11) is 0. The molecular formula is C16H36N2O. The van der Waals surface area contributed by atoms with E-state index in [9.17, 15) is 0 Å². The smallest absolute Gasteiger partial charge is 0.0608 e. The van der Waals surface area contributed by atoms with Crippen molar-refractivity contribution in [2.24, 2.45) is 11.7 Å². The van der Waals surface area contributed by atoms with Gasteiger partial charge in [0.25, 0.3) is 0 Å². The molecule has 0 aliphatic carbocycles. The van der Waals surface area contributed by atoms with Crippen LogP contribution in [0.3, 0.4) is 0 Å². The standard InChI is InChI=1S/C16H36N2O/c1-6-15(7-2)18(12-14(3)4)11-9-8-10-16(5,17)13-19/h14-15,19H,6-13,17H2,1-5H3. The van der Waals surface area contributed by atoms with Crippen molar-refractivity contribution in [1.82, 2.24) is 4.90 Å². The summed E-state index contributed by atoms with van der Waals surface area (Å²) in [6.07, 6.45) is 5.64. The normalized spacial score (nSPS) is 15.5. The minimum Gasteiger partial charge on any atom is -0.394 e. The second-order valence-corrected chi connectivity index (χ2v) is 6.63. The lowest BCUT2D eigenvalue weighted by Gasteiger charge is -2.32. The molecule has 0 aliphatic rings. The predicted octanol–water partition coefficient (Wildman–Crippen LogP) is 3.01. The monoisotopic (exact) mass is 272 g/mol. The summed E-state index contributed by atoms with van der Waals surface area (Å²) in [5, 5.41) is 9.15. The molecule has 0 aliphatic heterocycles. The minimum absolute atomic E-state index is 0.0786. The molecule has 0 heterocycles. The van der Waals surface area contributed by atoms with Gasteiger partial charge in [0.2, 0.25) is 0 Å². The highest BCUT2D eigenvalue weighted by atomic mass is 16.3. The van der Waals surface area contributed by atoms with E-state index in [1.807, 2.05) is 6.92 Å². The van der Waals surface area contributed by atoms with Crippen LogP contribution in [0.4, 0.5) is 0 Å². The maximum Gasteiger partial charge on any atom is 0.0608 e. The van der Waals surface area contributed by atoms with Crippen molar-refractivity contribution in [2.75, 3.05) is 19.7 Å². The molecule has 0 saturated carbocycles. The first-order chi connectivity index (χ1) is 8.86. The van der Waals surface area contributed by atoms with Crippen LogP contribution < -0.4 is 5.73 Å². The van der Waals surface area contributed by atoms with Crippen LogP contribution in [0.25, 0.3) is 0 Å². The molecule has 0 amide bonds. The van der Waals surface area contributed by atoms with Crippen molar-refractivity contribution in [3.63, 3.8) is 0 Å². The van der Waals surface area contributed by atoms with E-state index in [-0.39, 0.29) is 6.61 Å². The number of unbranched alkanes of at least 4 members (excludes halogenated alkanes) is 1. The van der Waals surface area contributed by atoms with Gasteiger partial charge in [0.05, 0.1) is 6.61 Å². The van der Waals surface area contributed by atoms with Crippen molar-refractivity contribution >= 4 is 0 Å². The molecule has 0 fully saturated rings. The first-order valence-corrected chi connectivity index (χ1v) is 8.00. The van der Waals surface area contributed by atoms with Crippen LogP contribution in [-0.4, -0.2) is 41.3 Å². The zero-order chi connectivity index (χ0) is 14.9. The number of hydrogen-bond acceptors (Lipinski definition) is 3. The van der Waals surface area contributed by atoms with Gasteiger partial charge in [-0.05, 0) is 45.1 Å². The van der Waals surface area contributed by atoms with E-state index in [2.05, 4.69) is 32.6 Å². The van der Waals surface area contributed by atoms with Gasteiger partial charge in [-0.1, -0.05) is 34.1 Å². The van der Waals surface area contributed by atoms with Crippen LogP contribution in [-0.2, 0) is 0 Å². The lowest BCUT2D eigenvalue weighted by molar-refractivity contribution is 0.157. The van der Waals surface area contributed by atoms with Crippen molar-refractivity contribution in [1.29, 1.82) is 0 Å². The molecular weight excluding hydrogens is 236 g/mol. The highest BCUT2D eigenvalue weighted by Crippen LogP contribution is 2.15. The van der Waals surface area contributed by atoms with Gasteiger partial charge < -0.3 is 15.7 Å². The fraction of sp³-hybridized carbons (Fsp3) is 1.00. The molecule has 19 heavy (non-hydrogen) atoms. The van der Waals surface area contributed by atoms with Gasteiger partial charge >= 0.3 is 0 Å². The quantitative estimate of drug-likeness (QED) is 0.568. The maximum absolute atomic E-state index is 9.15.